The number of hydrogen-bond donors (Lipinski definition) is 2. The van der Waals surface area contributed by atoms with Gasteiger partial charge in [0.25, 0.3) is 15.9 Å². The van der Waals surface area contributed by atoms with Crippen molar-refractivity contribution < 1.29 is 36.3 Å². The van der Waals surface area contributed by atoms with Crippen molar-refractivity contribution >= 4 is 27.6 Å². The Morgan fingerprint density at radius 2 is 1.84 bits per heavy atom. The van der Waals surface area contributed by atoms with Gasteiger partial charge in [-0.3, -0.25) is 9.52 Å². The maximum absolute atomic E-state index is 13.3. The Bertz CT molecular complexity index is 1050. The number of benzene rings is 2. The minimum Gasteiger partial charge on any atom is -0.452 e. The van der Waals surface area contributed by atoms with Crippen LogP contribution in [0, 0.1) is 11.6 Å². The topological polar surface area (TPSA) is 111 Å². The molecule has 0 unspecified atom stereocenters. The van der Waals surface area contributed by atoms with Crippen LogP contribution in [0.1, 0.15) is 23.2 Å². The normalized spacial score (nSPS) is 16.0. The Hall–Kier alpha value is -3.05. The molecule has 2 aromatic rings. The van der Waals surface area contributed by atoms with Gasteiger partial charge < -0.3 is 14.8 Å². The number of anilines is 1. The molecule has 1 saturated heterocycles. The van der Waals surface area contributed by atoms with Crippen molar-refractivity contribution in [1.82, 2.24) is 5.32 Å². The molecule has 8 nitrogen and oxygen atoms in total. The molecule has 1 aliphatic rings. The second-order valence-corrected chi connectivity index (χ2v) is 8.46. The van der Waals surface area contributed by atoms with Crippen LogP contribution in [0.3, 0.4) is 0 Å². The zero-order valence-electron chi connectivity index (χ0n) is 16.3. The fourth-order valence-corrected chi connectivity index (χ4v) is 3.90. The van der Waals surface area contributed by atoms with Crippen molar-refractivity contribution in [2.75, 3.05) is 24.5 Å². The number of ether oxygens (including phenoxy) is 2. The Morgan fingerprint density at radius 3 is 2.48 bits per heavy atom. The Morgan fingerprint density at radius 1 is 1.10 bits per heavy atom. The average molecular weight is 454 g/mol. The van der Waals surface area contributed by atoms with E-state index in [4.69, 9.17) is 9.47 Å². The SMILES string of the molecule is O=C(COC(=O)c1ccc(NS(=O)(=O)c2ccc(F)c(F)c2)cc1)NC[C@H]1CCCO1. The monoisotopic (exact) mass is 454 g/mol. The molecule has 0 spiro atoms. The van der Waals surface area contributed by atoms with Crippen molar-refractivity contribution in [2.45, 2.75) is 23.8 Å². The molecule has 11 heteroatoms. The van der Waals surface area contributed by atoms with E-state index >= 15 is 0 Å². The smallest absolute Gasteiger partial charge is 0.338 e. The van der Waals surface area contributed by atoms with Gasteiger partial charge in [0.15, 0.2) is 18.2 Å². The zero-order valence-corrected chi connectivity index (χ0v) is 17.1. The van der Waals surface area contributed by atoms with E-state index in [0.29, 0.717) is 25.3 Å². The van der Waals surface area contributed by atoms with Gasteiger partial charge in [-0.1, -0.05) is 0 Å². The molecular formula is C20H20F2N2O6S. The summed E-state index contributed by atoms with van der Waals surface area (Å²) in [6.45, 7) is 0.557. The summed E-state index contributed by atoms with van der Waals surface area (Å²) in [4.78, 5) is 23.4. The third kappa shape index (κ3) is 6.22. The maximum Gasteiger partial charge on any atom is 0.338 e. The average Bonchev–Trinajstić information content (AvgIpc) is 3.26. The van der Waals surface area contributed by atoms with Gasteiger partial charge in [0.05, 0.1) is 16.6 Å². The summed E-state index contributed by atoms with van der Waals surface area (Å²) in [6.07, 6.45) is 1.79. The highest BCUT2D eigenvalue weighted by atomic mass is 32.2. The first kappa shape index (κ1) is 22.6. The number of nitrogens with one attached hydrogen (secondary N) is 2. The number of carbonyl (C=O) groups excluding carboxylic acids is 2. The van der Waals surface area contributed by atoms with Crippen molar-refractivity contribution in [1.29, 1.82) is 0 Å². The molecular weight excluding hydrogens is 434 g/mol. The summed E-state index contributed by atoms with van der Waals surface area (Å²) in [5, 5.41) is 2.62. The molecule has 2 aromatic carbocycles. The molecule has 1 aliphatic heterocycles. The first-order valence-corrected chi connectivity index (χ1v) is 10.9. The standard InChI is InChI=1S/C20H20F2N2O6S/c21-17-8-7-16(10-18(17)22)31(27,28)24-14-5-3-13(4-6-14)20(26)30-12-19(25)23-11-15-2-1-9-29-15/h3-8,10,15,24H,1-2,9,11-12H2,(H,23,25)/t15-/m1/s1. The van der Waals surface area contributed by atoms with Crippen LogP contribution in [0.5, 0.6) is 0 Å². The van der Waals surface area contributed by atoms with Gasteiger partial charge in [0, 0.05) is 18.8 Å². The van der Waals surface area contributed by atoms with E-state index in [1.165, 1.54) is 24.3 Å². The van der Waals surface area contributed by atoms with Crippen LogP contribution in [-0.4, -0.2) is 46.2 Å². The van der Waals surface area contributed by atoms with Crippen molar-refractivity contribution in [2.24, 2.45) is 0 Å². The molecule has 0 aromatic heterocycles. The molecule has 2 N–H and O–H groups in total. The van der Waals surface area contributed by atoms with E-state index in [1.807, 2.05) is 0 Å². The van der Waals surface area contributed by atoms with Gasteiger partial charge in [-0.25, -0.2) is 22.0 Å². The predicted molar refractivity (Wildman–Crippen MR) is 106 cm³/mol. The molecule has 1 heterocycles. The van der Waals surface area contributed by atoms with Gasteiger partial charge in [-0.05, 0) is 55.3 Å². The fraction of sp³-hybridized carbons (Fsp3) is 0.300. The summed E-state index contributed by atoms with van der Waals surface area (Å²) in [5.74, 6) is -3.68. The predicted octanol–water partition coefficient (Wildman–Crippen LogP) is 2.22. The summed E-state index contributed by atoms with van der Waals surface area (Å²) >= 11 is 0. The van der Waals surface area contributed by atoms with E-state index in [2.05, 4.69) is 10.0 Å². The molecule has 166 valence electrons. The van der Waals surface area contributed by atoms with Gasteiger partial charge in [-0.2, -0.15) is 0 Å². The van der Waals surface area contributed by atoms with Crippen molar-refractivity contribution in [3.8, 4) is 0 Å². The minimum absolute atomic E-state index is 0.0256. The lowest BCUT2D eigenvalue weighted by Crippen LogP contribution is -2.34. The van der Waals surface area contributed by atoms with Crippen molar-refractivity contribution in [3.63, 3.8) is 0 Å². The third-order valence-corrected chi connectivity index (χ3v) is 5.84. The first-order valence-electron chi connectivity index (χ1n) is 9.38. The number of carbonyl (C=O) groups is 2. The number of esters is 1. The van der Waals surface area contributed by atoms with Crippen LogP contribution < -0.4 is 10.0 Å². The second-order valence-electron chi connectivity index (χ2n) is 6.77. The van der Waals surface area contributed by atoms with Crippen LogP contribution in [0.2, 0.25) is 0 Å². The van der Waals surface area contributed by atoms with Gasteiger partial charge in [0.1, 0.15) is 0 Å². The number of hydrogen-bond acceptors (Lipinski definition) is 6. The Kier molecular flexibility index (Phi) is 7.18. The zero-order chi connectivity index (χ0) is 22.4. The van der Waals surface area contributed by atoms with E-state index in [1.54, 1.807) is 0 Å². The van der Waals surface area contributed by atoms with Gasteiger partial charge in [-0.15, -0.1) is 0 Å². The summed E-state index contributed by atoms with van der Waals surface area (Å²) < 4.78 is 63.3. The molecule has 0 radical (unpaired) electrons. The highest BCUT2D eigenvalue weighted by molar-refractivity contribution is 7.92. The Balaban J connectivity index is 1.52. The highest BCUT2D eigenvalue weighted by Crippen LogP contribution is 2.19. The van der Waals surface area contributed by atoms with E-state index in [-0.39, 0.29) is 17.4 Å². The lowest BCUT2D eigenvalue weighted by Gasteiger charge is -2.11. The van der Waals surface area contributed by atoms with E-state index in [9.17, 15) is 26.8 Å². The van der Waals surface area contributed by atoms with Crippen LogP contribution in [0.4, 0.5) is 14.5 Å². The third-order valence-electron chi connectivity index (χ3n) is 4.46. The van der Waals surface area contributed by atoms with Gasteiger partial charge >= 0.3 is 5.97 Å². The molecule has 3 rings (SSSR count). The summed E-state index contributed by atoms with van der Waals surface area (Å²) in [5.41, 5.74) is 0.193. The molecule has 1 fully saturated rings. The molecule has 0 bridgehead atoms. The molecule has 1 amide bonds. The Labute approximate surface area is 177 Å². The fourth-order valence-electron chi connectivity index (χ4n) is 2.83. The molecule has 1 atom stereocenters. The van der Waals surface area contributed by atoms with Crippen LogP contribution in [0.25, 0.3) is 0 Å². The first-order chi connectivity index (χ1) is 14.7. The highest BCUT2D eigenvalue weighted by Gasteiger charge is 2.18. The van der Waals surface area contributed by atoms with Crippen LogP contribution >= 0.6 is 0 Å². The molecule has 31 heavy (non-hydrogen) atoms. The van der Waals surface area contributed by atoms with E-state index in [0.717, 1.165) is 18.9 Å². The second kappa shape index (κ2) is 9.84. The number of halogens is 2. The number of amides is 1. The van der Waals surface area contributed by atoms with Crippen LogP contribution in [0.15, 0.2) is 47.4 Å². The minimum atomic E-state index is -4.16. The quantitative estimate of drug-likeness (QED) is 0.592. The van der Waals surface area contributed by atoms with Gasteiger partial charge in [0.2, 0.25) is 0 Å². The summed E-state index contributed by atoms with van der Waals surface area (Å²) in [6, 6.07) is 7.39. The molecule has 0 saturated carbocycles. The lowest BCUT2D eigenvalue weighted by atomic mass is 10.2. The van der Waals surface area contributed by atoms with Crippen molar-refractivity contribution in [3.05, 3.63) is 59.7 Å². The molecule has 0 aliphatic carbocycles. The lowest BCUT2D eigenvalue weighted by molar-refractivity contribution is -0.124. The number of sulfonamides is 1. The maximum atomic E-state index is 13.3. The summed E-state index contributed by atoms with van der Waals surface area (Å²) in [7, 11) is -4.16. The largest absolute Gasteiger partial charge is 0.452 e. The van der Waals surface area contributed by atoms with E-state index < -0.39 is 45.0 Å². The number of rotatable bonds is 8. The van der Waals surface area contributed by atoms with Crippen LogP contribution in [-0.2, 0) is 24.3 Å².